The van der Waals surface area contributed by atoms with Crippen LogP contribution < -0.4 is 5.32 Å². The highest BCUT2D eigenvalue weighted by Crippen LogP contribution is 2.49. The van der Waals surface area contributed by atoms with Gasteiger partial charge < -0.3 is 10.2 Å². The highest BCUT2D eigenvalue weighted by Gasteiger charge is 2.65. The van der Waals surface area contributed by atoms with E-state index in [2.05, 4.69) is 5.10 Å². The summed E-state index contributed by atoms with van der Waals surface area (Å²) in [5, 5.41) is 16.9. The van der Waals surface area contributed by atoms with Gasteiger partial charge >= 0.3 is 12.2 Å². The molecule has 0 saturated carbocycles. The molecule has 0 unspecified atom stereocenters. The zero-order valence-electron chi connectivity index (χ0n) is 14.3. The average molecular weight is 375 g/mol. The lowest BCUT2D eigenvalue weighted by Gasteiger charge is -2.42. The van der Waals surface area contributed by atoms with Crippen molar-refractivity contribution in [2.24, 2.45) is 5.10 Å². The van der Waals surface area contributed by atoms with Crippen LogP contribution in [0.1, 0.15) is 31.2 Å². The minimum atomic E-state index is -4.91. The summed E-state index contributed by atoms with van der Waals surface area (Å²) in [5.74, 6) is 0.441. The maximum Gasteiger partial charge on any atom is 0.421 e. The number of hydrogen-bond acceptors (Lipinski definition) is 4. The molecule has 1 fully saturated rings. The molecule has 0 aliphatic carbocycles. The molecular formula is C18H16F3N5O. The van der Waals surface area contributed by atoms with Crippen LogP contribution in [0.4, 0.5) is 18.0 Å². The number of fused-ring (bicyclic) bond motifs is 3. The number of urea groups is 1. The van der Waals surface area contributed by atoms with E-state index in [9.17, 15) is 23.2 Å². The predicted octanol–water partition coefficient (Wildman–Crippen LogP) is 3.41. The number of halogens is 3. The third kappa shape index (κ3) is 2.40. The van der Waals surface area contributed by atoms with E-state index in [1.807, 2.05) is 5.32 Å². The molecule has 3 heterocycles. The summed E-state index contributed by atoms with van der Waals surface area (Å²) in [5.41, 5.74) is -3.69. The van der Waals surface area contributed by atoms with Crippen LogP contribution in [0.15, 0.2) is 46.8 Å². The number of carbonyl (C=O) groups is 1. The van der Waals surface area contributed by atoms with E-state index in [-0.39, 0.29) is 11.4 Å². The minimum Gasteiger partial charge on any atom is -0.314 e. The highest BCUT2D eigenvalue weighted by atomic mass is 19.4. The Morgan fingerprint density at radius 3 is 2.59 bits per heavy atom. The molecular weight excluding hydrogens is 359 g/mol. The van der Waals surface area contributed by atoms with Crippen molar-refractivity contribution in [2.45, 2.75) is 37.4 Å². The molecule has 0 radical (unpaired) electrons. The van der Waals surface area contributed by atoms with Crippen LogP contribution in [0.25, 0.3) is 0 Å². The second kappa shape index (κ2) is 6.01. The molecule has 4 rings (SSSR count). The number of alkyl halides is 3. The van der Waals surface area contributed by atoms with Gasteiger partial charge in [-0.25, -0.2) is 4.79 Å². The van der Waals surface area contributed by atoms with Crippen LogP contribution in [0.2, 0.25) is 0 Å². The molecule has 0 spiro atoms. The van der Waals surface area contributed by atoms with Gasteiger partial charge in [0, 0.05) is 13.0 Å². The smallest absolute Gasteiger partial charge is 0.314 e. The molecule has 1 N–H and O–H groups in total. The van der Waals surface area contributed by atoms with E-state index in [4.69, 9.17) is 0 Å². The van der Waals surface area contributed by atoms with Gasteiger partial charge in [-0.05, 0) is 18.4 Å². The molecule has 1 aromatic rings. The Balaban J connectivity index is 2.00. The van der Waals surface area contributed by atoms with Crippen LogP contribution in [0.5, 0.6) is 0 Å². The van der Waals surface area contributed by atoms with Gasteiger partial charge in [-0.2, -0.15) is 23.4 Å². The first kappa shape index (κ1) is 17.4. The third-order valence-electron chi connectivity index (χ3n) is 5.09. The maximum absolute atomic E-state index is 14.4. The third-order valence-corrected chi connectivity index (χ3v) is 5.09. The van der Waals surface area contributed by atoms with Crippen molar-refractivity contribution >= 4 is 11.9 Å². The van der Waals surface area contributed by atoms with Crippen molar-refractivity contribution in [3.05, 3.63) is 47.3 Å². The summed E-state index contributed by atoms with van der Waals surface area (Å²) < 4.78 is 43.1. The Labute approximate surface area is 153 Å². The number of rotatable bonds is 1. The molecule has 0 bridgehead atoms. The molecule has 9 heteroatoms. The second-order valence-corrected chi connectivity index (χ2v) is 6.64. The Bertz CT molecular complexity index is 886. The van der Waals surface area contributed by atoms with Gasteiger partial charge in [0.25, 0.3) is 0 Å². The molecule has 1 aromatic carbocycles. The number of hydrazone groups is 1. The Kier molecular flexibility index (Phi) is 3.87. The molecule has 0 aromatic heterocycles. The predicted molar refractivity (Wildman–Crippen MR) is 89.8 cm³/mol. The van der Waals surface area contributed by atoms with Crippen molar-refractivity contribution in [2.75, 3.05) is 6.54 Å². The van der Waals surface area contributed by atoms with Crippen molar-refractivity contribution in [3.8, 4) is 6.07 Å². The minimum absolute atomic E-state index is 0.0840. The SMILES string of the molecule is N#CC1=C2N3CCCCCC3=NN2C(=O)N[C@@]1(c1ccccc1)C(F)(F)F. The summed E-state index contributed by atoms with van der Waals surface area (Å²) in [4.78, 5) is 14.2. The van der Waals surface area contributed by atoms with Crippen LogP contribution in [0.3, 0.4) is 0 Å². The zero-order chi connectivity index (χ0) is 19.2. The fourth-order valence-corrected chi connectivity index (χ4v) is 3.84. The summed E-state index contributed by atoms with van der Waals surface area (Å²) in [6, 6.07) is 7.74. The zero-order valence-corrected chi connectivity index (χ0v) is 14.3. The van der Waals surface area contributed by atoms with Crippen LogP contribution in [0, 0.1) is 11.3 Å². The number of amides is 2. The topological polar surface area (TPSA) is 71.7 Å². The molecule has 1 atom stereocenters. The van der Waals surface area contributed by atoms with Crippen LogP contribution in [-0.4, -0.2) is 34.5 Å². The first-order valence-corrected chi connectivity index (χ1v) is 8.64. The quantitative estimate of drug-likeness (QED) is 0.818. The number of hydrogen-bond donors (Lipinski definition) is 1. The molecule has 3 aliphatic heterocycles. The van der Waals surface area contributed by atoms with Crippen molar-refractivity contribution in [3.63, 3.8) is 0 Å². The number of nitrogens with zero attached hydrogens (tertiary/aromatic N) is 4. The molecule has 1 saturated heterocycles. The fraction of sp³-hybridized carbons (Fsp3) is 0.389. The highest BCUT2D eigenvalue weighted by molar-refractivity contribution is 5.92. The number of carbonyl (C=O) groups excluding carboxylic acids is 1. The summed E-state index contributed by atoms with van der Waals surface area (Å²) in [7, 11) is 0. The van der Waals surface area contributed by atoms with Gasteiger partial charge in [0.05, 0.1) is 0 Å². The maximum atomic E-state index is 14.4. The average Bonchev–Trinajstić information content (AvgIpc) is 2.84. The number of nitrogens with one attached hydrogen (secondary N) is 1. The first-order chi connectivity index (χ1) is 12.9. The van der Waals surface area contributed by atoms with Gasteiger partial charge in [0.1, 0.15) is 17.5 Å². The van der Waals surface area contributed by atoms with Crippen molar-refractivity contribution < 1.29 is 18.0 Å². The van der Waals surface area contributed by atoms with E-state index in [1.165, 1.54) is 24.3 Å². The van der Waals surface area contributed by atoms with Crippen LogP contribution >= 0.6 is 0 Å². The van der Waals surface area contributed by atoms with Gasteiger partial charge in [-0.15, -0.1) is 5.10 Å². The summed E-state index contributed by atoms with van der Waals surface area (Å²) in [6.07, 6.45) is -1.86. The van der Waals surface area contributed by atoms with Crippen LogP contribution in [-0.2, 0) is 5.54 Å². The van der Waals surface area contributed by atoms with E-state index in [0.717, 1.165) is 24.3 Å². The molecule has 140 valence electrons. The lowest BCUT2D eigenvalue weighted by atomic mass is 9.80. The van der Waals surface area contributed by atoms with Gasteiger partial charge in [0.2, 0.25) is 5.54 Å². The largest absolute Gasteiger partial charge is 0.421 e. The molecule has 6 nitrogen and oxygen atoms in total. The monoisotopic (exact) mass is 375 g/mol. The van der Waals surface area contributed by atoms with E-state index in [0.29, 0.717) is 18.8 Å². The Morgan fingerprint density at radius 2 is 1.93 bits per heavy atom. The fourth-order valence-electron chi connectivity index (χ4n) is 3.84. The van der Waals surface area contributed by atoms with E-state index >= 15 is 0 Å². The van der Waals surface area contributed by atoms with Crippen molar-refractivity contribution in [1.29, 1.82) is 5.26 Å². The first-order valence-electron chi connectivity index (χ1n) is 8.64. The van der Waals surface area contributed by atoms with E-state index < -0.39 is 23.3 Å². The normalized spacial score (nSPS) is 25.3. The Morgan fingerprint density at radius 1 is 1.19 bits per heavy atom. The standard InChI is InChI=1S/C18H16F3N5O/c19-18(20,21)17(12-7-3-1-4-8-12)13(11-22)15-25-10-6-2-5-9-14(25)24-26(15)16(27)23-17/h1,3-4,7-8H,2,5-6,9-10H2,(H,23,27)/t17-/m1/s1. The van der Waals surface area contributed by atoms with Gasteiger partial charge in [-0.1, -0.05) is 36.8 Å². The summed E-state index contributed by atoms with van der Waals surface area (Å²) >= 11 is 0. The van der Waals surface area contributed by atoms with Gasteiger partial charge in [-0.3, -0.25) is 0 Å². The van der Waals surface area contributed by atoms with E-state index in [1.54, 1.807) is 17.0 Å². The molecule has 2 amide bonds. The van der Waals surface area contributed by atoms with Crippen molar-refractivity contribution in [1.82, 2.24) is 15.2 Å². The number of benzene rings is 1. The second-order valence-electron chi connectivity index (χ2n) is 6.64. The number of nitriles is 1. The molecule has 3 aliphatic rings. The lowest BCUT2D eigenvalue weighted by molar-refractivity contribution is -0.186. The lowest BCUT2D eigenvalue weighted by Crippen LogP contribution is -2.63. The number of amidine groups is 1. The molecule has 27 heavy (non-hydrogen) atoms. The van der Waals surface area contributed by atoms with Gasteiger partial charge in [0.15, 0.2) is 5.82 Å². The Hall–Kier alpha value is -3.02. The summed E-state index contributed by atoms with van der Waals surface area (Å²) in [6.45, 7) is 0.422.